The van der Waals surface area contributed by atoms with Gasteiger partial charge in [0.05, 0.1) is 12.3 Å². The number of rotatable bonds is 5. The minimum absolute atomic E-state index is 0.280. The molecule has 0 aromatic carbocycles. The summed E-state index contributed by atoms with van der Waals surface area (Å²) in [6, 6.07) is 0.864. The van der Waals surface area contributed by atoms with Crippen molar-refractivity contribution < 1.29 is 4.74 Å². The lowest BCUT2D eigenvalue weighted by Gasteiger charge is -2.16. The molecule has 1 N–H and O–H groups in total. The summed E-state index contributed by atoms with van der Waals surface area (Å²) in [7, 11) is 1.72. The Bertz CT molecular complexity index is 397. The predicted octanol–water partition coefficient (Wildman–Crippen LogP) is 2.61. The molecule has 17 heavy (non-hydrogen) atoms. The second-order valence-electron chi connectivity index (χ2n) is 5.82. The van der Waals surface area contributed by atoms with Crippen molar-refractivity contribution in [1.29, 1.82) is 0 Å². The number of nitrogens with zero attached hydrogens (tertiary/aromatic N) is 2. The van der Waals surface area contributed by atoms with Gasteiger partial charge in [-0.15, -0.1) is 0 Å². The molecule has 0 bridgehead atoms. The fraction of sp³-hybridized carbons (Fsp3) is 0.769. The monoisotopic (exact) mass is 237 g/mol. The smallest absolute Gasteiger partial charge is 0.203 e. The molecule has 0 radical (unpaired) electrons. The Morgan fingerprint density at radius 1 is 1.65 bits per heavy atom. The van der Waals surface area contributed by atoms with E-state index in [1.807, 2.05) is 6.92 Å². The quantitative estimate of drug-likeness (QED) is 0.855. The highest BCUT2D eigenvalue weighted by Crippen LogP contribution is 2.56. The number of hydrogen-bond acceptors (Lipinski definition) is 3. The molecule has 4 nitrogen and oxygen atoms in total. The van der Waals surface area contributed by atoms with E-state index >= 15 is 0 Å². The van der Waals surface area contributed by atoms with Gasteiger partial charge in [0, 0.05) is 25.4 Å². The molecule has 1 aromatic heterocycles. The molecule has 0 spiro atoms. The molecule has 2 atom stereocenters. The molecule has 0 aliphatic heterocycles. The number of aromatic nitrogens is 2. The molecule has 96 valence electrons. The second-order valence-corrected chi connectivity index (χ2v) is 5.82. The van der Waals surface area contributed by atoms with Crippen molar-refractivity contribution >= 4 is 5.95 Å². The molecule has 2 unspecified atom stereocenters. The van der Waals surface area contributed by atoms with Crippen molar-refractivity contribution in [3.63, 3.8) is 0 Å². The van der Waals surface area contributed by atoms with E-state index in [2.05, 4.69) is 41.8 Å². The van der Waals surface area contributed by atoms with Crippen molar-refractivity contribution in [2.24, 2.45) is 5.41 Å². The lowest BCUT2D eigenvalue weighted by molar-refractivity contribution is 0.190. The third-order valence-electron chi connectivity index (χ3n) is 3.44. The summed E-state index contributed by atoms with van der Waals surface area (Å²) >= 11 is 0. The molecule has 1 fully saturated rings. The van der Waals surface area contributed by atoms with Gasteiger partial charge in [0.2, 0.25) is 5.95 Å². The first kappa shape index (κ1) is 12.4. The minimum atomic E-state index is 0.280. The number of hydrogen-bond donors (Lipinski definition) is 1. The topological polar surface area (TPSA) is 39.1 Å². The molecule has 1 aliphatic carbocycles. The number of methoxy groups -OCH3 is 1. The molecular weight excluding hydrogens is 214 g/mol. The maximum absolute atomic E-state index is 5.14. The molecule has 0 amide bonds. The Kier molecular flexibility index (Phi) is 3.17. The summed E-state index contributed by atoms with van der Waals surface area (Å²) in [5, 5.41) is 3.42. The highest BCUT2D eigenvalue weighted by molar-refractivity contribution is 5.32. The first-order valence-corrected chi connectivity index (χ1v) is 6.25. The van der Waals surface area contributed by atoms with Gasteiger partial charge in [-0.1, -0.05) is 13.8 Å². The van der Waals surface area contributed by atoms with Gasteiger partial charge in [-0.2, -0.15) is 0 Å². The highest BCUT2D eigenvalue weighted by atomic mass is 16.5. The normalized spacial score (nSPS) is 23.5. The average Bonchev–Trinajstić information content (AvgIpc) is 2.67. The van der Waals surface area contributed by atoms with Gasteiger partial charge in [-0.3, -0.25) is 0 Å². The van der Waals surface area contributed by atoms with Crippen LogP contribution >= 0.6 is 0 Å². The van der Waals surface area contributed by atoms with E-state index in [0.717, 1.165) is 11.6 Å². The van der Waals surface area contributed by atoms with Crippen LogP contribution in [0.2, 0.25) is 0 Å². The zero-order chi connectivity index (χ0) is 12.6. The zero-order valence-electron chi connectivity index (χ0n) is 11.4. The summed E-state index contributed by atoms with van der Waals surface area (Å²) in [6.45, 7) is 9.44. The van der Waals surface area contributed by atoms with Crippen LogP contribution in [0.3, 0.4) is 0 Å². The maximum atomic E-state index is 5.14. The van der Waals surface area contributed by atoms with E-state index in [9.17, 15) is 0 Å². The Hall–Kier alpha value is -1.03. The van der Waals surface area contributed by atoms with Gasteiger partial charge in [0.1, 0.15) is 0 Å². The summed E-state index contributed by atoms with van der Waals surface area (Å²) in [5.74, 6) is 0.975. The Morgan fingerprint density at radius 3 is 2.82 bits per heavy atom. The number of imidazole rings is 1. The number of ether oxygens (including phenoxy) is 1. The Morgan fingerprint density at radius 2 is 2.29 bits per heavy atom. The third-order valence-corrected chi connectivity index (χ3v) is 3.44. The van der Waals surface area contributed by atoms with Crippen molar-refractivity contribution in [1.82, 2.24) is 9.55 Å². The number of nitrogens with one attached hydrogen (secondary N) is 1. The lowest BCUT2D eigenvalue weighted by Crippen LogP contribution is -2.23. The van der Waals surface area contributed by atoms with Crippen LogP contribution in [-0.4, -0.2) is 29.3 Å². The van der Waals surface area contributed by atoms with Crippen molar-refractivity contribution in [2.45, 2.75) is 46.2 Å². The minimum Gasteiger partial charge on any atom is -0.383 e. The Balaban J connectivity index is 2.11. The number of anilines is 1. The second kappa shape index (κ2) is 4.33. The standard InChI is InChI=1S/C13H23N3O/c1-9-7-16(11-6-13(11,3)4)12(14-9)15-10(2)8-17-5/h7,10-11H,6,8H2,1-5H3,(H,14,15). The molecule has 2 rings (SSSR count). The molecule has 0 saturated heterocycles. The zero-order valence-corrected chi connectivity index (χ0v) is 11.4. The first-order chi connectivity index (χ1) is 7.94. The van der Waals surface area contributed by atoms with E-state index in [1.54, 1.807) is 7.11 Å². The van der Waals surface area contributed by atoms with Crippen LogP contribution < -0.4 is 5.32 Å². The summed E-state index contributed by atoms with van der Waals surface area (Å²) < 4.78 is 7.42. The summed E-state index contributed by atoms with van der Waals surface area (Å²) in [4.78, 5) is 4.56. The summed E-state index contributed by atoms with van der Waals surface area (Å²) in [6.07, 6.45) is 3.37. The van der Waals surface area contributed by atoms with Crippen molar-refractivity contribution in [3.8, 4) is 0 Å². The molecule has 4 heteroatoms. The van der Waals surface area contributed by atoms with Gasteiger partial charge in [0.15, 0.2) is 0 Å². The fourth-order valence-electron chi connectivity index (χ4n) is 2.29. The van der Waals surface area contributed by atoms with Gasteiger partial charge in [-0.25, -0.2) is 4.98 Å². The van der Waals surface area contributed by atoms with Gasteiger partial charge in [-0.05, 0) is 25.7 Å². The van der Waals surface area contributed by atoms with Gasteiger partial charge < -0.3 is 14.6 Å². The predicted molar refractivity (Wildman–Crippen MR) is 69.4 cm³/mol. The van der Waals surface area contributed by atoms with Gasteiger partial charge >= 0.3 is 0 Å². The number of aryl methyl sites for hydroxylation is 1. The first-order valence-electron chi connectivity index (χ1n) is 6.25. The van der Waals surface area contributed by atoms with Crippen LogP contribution in [0.25, 0.3) is 0 Å². The van der Waals surface area contributed by atoms with Crippen LogP contribution in [0.1, 0.15) is 38.9 Å². The van der Waals surface area contributed by atoms with E-state index in [0.29, 0.717) is 18.1 Å². The lowest BCUT2D eigenvalue weighted by atomic mass is 10.2. The van der Waals surface area contributed by atoms with E-state index < -0.39 is 0 Å². The maximum Gasteiger partial charge on any atom is 0.203 e. The highest BCUT2D eigenvalue weighted by Gasteiger charge is 2.48. The fourth-order valence-corrected chi connectivity index (χ4v) is 2.29. The molecule has 1 aliphatic rings. The average molecular weight is 237 g/mol. The van der Waals surface area contributed by atoms with Crippen LogP contribution in [0.4, 0.5) is 5.95 Å². The molecule has 1 saturated carbocycles. The van der Waals surface area contributed by atoms with E-state index in [-0.39, 0.29) is 6.04 Å². The van der Waals surface area contributed by atoms with Crippen LogP contribution in [-0.2, 0) is 4.74 Å². The van der Waals surface area contributed by atoms with Crippen molar-refractivity contribution in [2.75, 3.05) is 19.0 Å². The molecule has 1 heterocycles. The van der Waals surface area contributed by atoms with Crippen LogP contribution in [0.5, 0.6) is 0 Å². The van der Waals surface area contributed by atoms with Crippen LogP contribution in [0, 0.1) is 12.3 Å². The summed E-state index contributed by atoms with van der Waals surface area (Å²) in [5.41, 5.74) is 1.48. The van der Waals surface area contributed by atoms with E-state index in [4.69, 9.17) is 4.74 Å². The van der Waals surface area contributed by atoms with Crippen LogP contribution in [0.15, 0.2) is 6.20 Å². The molecule has 1 aromatic rings. The Labute approximate surface area is 103 Å². The largest absolute Gasteiger partial charge is 0.383 e. The van der Waals surface area contributed by atoms with Gasteiger partial charge in [0.25, 0.3) is 0 Å². The SMILES string of the molecule is COCC(C)Nc1nc(C)cn1C1CC1(C)C. The van der Waals surface area contributed by atoms with Crippen molar-refractivity contribution in [3.05, 3.63) is 11.9 Å². The molecular formula is C13H23N3O. The third kappa shape index (κ3) is 2.63. The van der Waals surface area contributed by atoms with E-state index in [1.165, 1.54) is 6.42 Å².